The predicted octanol–water partition coefficient (Wildman–Crippen LogP) is 9.78. The number of nitrogens with zero attached hydrogens (tertiary/aromatic N) is 2. The minimum Gasteiger partial charge on any atom is -0.268 e. The van der Waals surface area contributed by atoms with Gasteiger partial charge in [0.05, 0.1) is 53.7 Å². The topological polar surface area (TPSA) is 109 Å². The standard InChI is InChI=1S/C28H8Br4Cl4N2O6S/c29-11-6-4-9-17(19(11)31)27(41)37(25(9)39)16-8-15(35)24(45(43,44)23-13(33)2-1-3-14(23)34)21(36)22(16)38-26(40)10-5-7-12(30)20(32)18(10)28(38)42/h1-8H. The Kier molecular flexibility index (Phi) is 8.61. The first-order valence-electron chi connectivity index (χ1n) is 12.1. The number of halogens is 8. The lowest BCUT2D eigenvalue weighted by Crippen LogP contribution is -2.35. The van der Waals surface area contributed by atoms with Gasteiger partial charge in [-0.3, -0.25) is 19.2 Å². The molecule has 4 aromatic carbocycles. The van der Waals surface area contributed by atoms with Crippen molar-refractivity contribution in [3.63, 3.8) is 0 Å². The van der Waals surface area contributed by atoms with Crippen molar-refractivity contribution in [3.8, 4) is 0 Å². The summed E-state index contributed by atoms with van der Waals surface area (Å²) in [7, 11) is -4.76. The Morgan fingerprint density at radius 2 is 1.04 bits per heavy atom. The fraction of sp³-hybridized carbons (Fsp3) is 0. The molecule has 0 spiro atoms. The molecule has 0 saturated carbocycles. The summed E-state index contributed by atoms with van der Waals surface area (Å²) in [6.07, 6.45) is 0. The van der Waals surface area contributed by atoms with Gasteiger partial charge < -0.3 is 0 Å². The maximum atomic E-state index is 14.1. The van der Waals surface area contributed by atoms with Crippen molar-refractivity contribution < 1.29 is 27.6 Å². The van der Waals surface area contributed by atoms with Crippen LogP contribution in [0.2, 0.25) is 20.1 Å². The Bertz CT molecular complexity index is 2210. The van der Waals surface area contributed by atoms with Crippen LogP contribution in [0.5, 0.6) is 0 Å². The van der Waals surface area contributed by atoms with Crippen LogP contribution in [-0.2, 0) is 9.84 Å². The number of rotatable bonds is 4. The second kappa shape index (κ2) is 11.7. The van der Waals surface area contributed by atoms with Gasteiger partial charge in [-0.25, -0.2) is 18.2 Å². The fourth-order valence-electron chi connectivity index (χ4n) is 5.00. The molecule has 45 heavy (non-hydrogen) atoms. The summed E-state index contributed by atoms with van der Waals surface area (Å²) in [4.78, 5) is 55.4. The summed E-state index contributed by atoms with van der Waals surface area (Å²) in [5.41, 5.74) is -1.17. The highest BCUT2D eigenvalue weighted by Crippen LogP contribution is 2.51. The van der Waals surface area contributed by atoms with E-state index in [4.69, 9.17) is 46.4 Å². The van der Waals surface area contributed by atoms with Crippen LogP contribution in [0, 0.1) is 0 Å². The summed E-state index contributed by atoms with van der Waals surface area (Å²) < 4.78 is 29.6. The quantitative estimate of drug-likeness (QED) is 0.189. The SMILES string of the molecule is O=C1c2ccc(Br)c(Br)c2C(=O)N1c1cc(Cl)c(S(=O)(=O)c2c(Cl)cccc2Cl)c(Cl)c1N1C(=O)c2ccc(Br)c(Br)c2C1=O. The van der Waals surface area contributed by atoms with Gasteiger partial charge in [0.25, 0.3) is 23.6 Å². The zero-order valence-corrected chi connectivity index (χ0v) is 31.6. The van der Waals surface area contributed by atoms with Crippen LogP contribution in [0.15, 0.2) is 76.2 Å². The Hall–Kier alpha value is -1.81. The van der Waals surface area contributed by atoms with Gasteiger partial charge in [-0.05, 0) is 106 Å². The maximum Gasteiger partial charge on any atom is 0.267 e. The highest BCUT2D eigenvalue weighted by atomic mass is 79.9. The molecular weight excluding hydrogens is 954 g/mol. The van der Waals surface area contributed by atoms with Crippen LogP contribution < -0.4 is 9.80 Å². The van der Waals surface area contributed by atoms with E-state index in [2.05, 4.69) is 63.7 Å². The highest BCUT2D eigenvalue weighted by Gasteiger charge is 2.47. The number of hydrogen-bond acceptors (Lipinski definition) is 6. The van der Waals surface area contributed by atoms with Gasteiger partial charge in [-0.15, -0.1) is 0 Å². The number of amides is 4. The second-order valence-electron chi connectivity index (χ2n) is 9.38. The van der Waals surface area contributed by atoms with E-state index in [0.717, 1.165) is 6.07 Å². The minimum absolute atomic E-state index is 0.0122. The van der Waals surface area contributed by atoms with Crippen LogP contribution in [0.25, 0.3) is 0 Å². The zero-order chi connectivity index (χ0) is 32.9. The molecule has 0 unspecified atom stereocenters. The Morgan fingerprint density at radius 1 is 0.578 bits per heavy atom. The lowest BCUT2D eigenvalue weighted by molar-refractivity contribution is 0.0903. The summed E-state index contributed by atoms with van der Waals surface area (Å²) in [5.74, 6) is -3.54. The van der Waals surface area contributed by atoms with Crippen LogP contribution >= 0.6 is 110 Å². The van der Waals surface area contributed by atoms with Crippen LogP contribution in [0.4, 0.5) is 11.4 Å². The number of hydrogen-bond donors (Lipinski definition) is 0. The summed E-state index contributed by atoms with van der Waals surface area (Å²) in [5, 5.41) is -1.81. The second-order valence-corrected chi connectivity index (χ2v) is 16.1. The average Bonchev–Trinajstić information content (AvgIpc) is 3.36. The zero-order valence-electron chi connectivity index (χ0n) is 21.4. The monoisotopic (exact) mass is 956 g/mol. The summed E-state index contributed by atoms with van der Waals surface area (Å²) in [6, 6.07) is 10.8. The van der Waals surface area contributed by atoms with Gasteiger partial charge >= 0.3 is 0 Å². The van der Waals surface area contributed by atoms with Crippen molar-refractivity contribution in [2.45, 2.75) is 9.79 Å². The fourth-order valence-corrected chi connectivity index (χ4v) is 10.3. The Labute approximate surface area is 308 Å². The molecule has 228 valence electrons. The molecule has 0 saturated heterocycles. The Morgan fingerprint density at radius 3 is 1.56 bits per heavy atom. The number of fused-ring (bicyclic) bond motifs is 2. The van der Waals surface area contributed by atoms with Gasteiger partial charge in [0.2, 0.25) is 9.84 Å². The van der Waals surface area contributed by atoms with Gasteiger partial charge in [0.1, 0.15) is 9.79 Å². The van der Waals surface area contributed by atoms with Crippen molar-refractivity contribution in [1.82, 2.24) is 0 Å². The molecular formula is C28H8Br4Cl4N2O6S. The molecule has 0 fully saturated rings. The number of sulfone groups is 1. The van der Waals surface area contributed by atoms with E-state index in [1.54, 1.807) is 6.07 Å². The third-order valence-electron chi connectivity index (χ3n) is 6.94. The van der Waals surface area contributed by atoms with Crippen LogP contribution in [0.1, 0.15) is 41.4 Å². The lowest BCUT2D eigenvalue weighted by Gasteiger charge is -2.26. The first-order valence-corrected chi connectivity index (χ1v) is 18.2. The third-order valence-corrected chi connectivity index (χ3v) is 14.7. The molecule has 0 aliphatic carbocycles. The number of carbonyl (C=O) groups excluding carboxylic acids is 4. The molecule has 2 aliphatic heterocycles. The summed E-state index contributed by atoms with van der Waals surface area (Å²) >= 11 is 39.1. The normalized spacial score (nSPS) is 14.5. The van der Waals surface area contributed by atoms with E-state index in [9.17, 15) is 27.6 Å². The molecule has 2 heterocycles. The lowest BCUT2D eigenvalue weighted by atomic mass is 10.1. The molecule has 0 aromatic heterocycles. The highest BCUT2D eigenvalue weighted by molar-refractivity contribution is 9.13. The summed E-state index contributed by atoms with van der Waals surface area (Å²) in [6.45, 7) is 0. The molecule has 4 aromatic rings. The maximum absolute atomic E-state index is 14.1. The number of benzene rings is 4. The number of anilines is 2. The van der Waals surface area contributed by atoms with Gasteiger partial charge in [-0.1, -0.05) is 52.5 Å². The van der Waals surface area contributed by atoms with E-state index >= 15 is 0 Å². The largest absolute Gasteiger partial charge is 0.268 e. The first kappa shape index (κ1) is 33.1. The van der Waals surface area contributed by atoms with Crippen molar-refractivity contribution in [2.75, 3.05) is 9.80 Å². The predicted molar refractivity (Wildman–Crippen MR) is 184 cm³/mol. The van der Waals surface area contributed by atoms with Gasteiger partial charge in [0, 0.05) is 17.9 Å². The van der Waals surface area contributed by atoms with Crippen molar-refractivity contribution in [3.05, 3.63) is 109 Å². The van der Waals surface area contributed by atoms with E-state index in [1.807, 2.05) is 0 Å². The third kappa shape index (κ3) is 4.88. The van der Waals surface area contributed by atoms with Crippen LogP contribution in [0.3, 0.4) is 0 Å². The first-order chi connectivity index (χ1) is 21.1. The molecule has 0 N–H and O–H groups in total. The molecule has 2 aliphatic rings. The van der Waals surface area contributed by atoms with E-state index in [-0.39, 0.29) is 41.2 Å². The van der Waals surface area contributed by atoms with E-state index in [0.29, 0.717) is 18.7 Å². The van der Waals surface area contributed by atoms with Gasteiger partial charge in [0.15, 0.2) is 0 Å². The van der Waals surface area contributed by atoms with Crippen molar-refractivity contribution in [2.24, 2.45) is 0 Å². The molecule has 8 nitrogen and oxygen atoms in total. The molecule has 17 heteroatoms. The molecule has 0 bridgehead atoms. The molecule has 4 amide bonds. The van der Waals surface area contributed by atoms with Crippen molar-refractivity contribution in [1.29, 1.82) is 0 Å². The Balaban J connectivity index is 1.68. The minimum atomic E-state index is -4.76. The van der Waals surface area contributed by atoms with Crippen LogP contribution in [-0.4, -0.2) is 32.0 Å². The number of carbonyl (C=O) groups is 4. The number of imide groups is 2. The average molecular weight is 962 g/mol. The van der Waals surface area contributed by atoms with E-state index in [1.165, 1.54) is 36.4 Å². The smallest absolute Gasteiger partial charge is 0.267 e. The van der Waals surface area contributed by atoms with Crippen molar-refractivity contribution >= 4 is 155 Å². The van der Waals surface area contributed by atoms with Gasteiger partial charge in [-0.2, -0.15) is 0 Å². The molecule has 0 radical (unpaired) electrons. The van der Waals surface area contributed by atoms with E-state index < -0.39 is 64.7 Å². The molecule has 0 atom stereocenters. The molecule has 6 rings (SSSR count).